The van der Waals surface area contributed by atoms with E-state index in [0.29, 0.717) is 25.7 Å². The van der Waals surface area contributed by atoms with Gasteiger partial charge in [0, 0.05) is 13.7 Å². The zero-order valence-electron chi connectivity index (χ0n) is 13.9. The molecule has 0 saturated carbocycles. The predicted octanol–water partition coefficient (Wildman–Crippen LogP) is 2.49. The normalized spacial score (nSPS) is 16.2. The molecule has 0 radical (unpaired) electrons. The Labute approximate surface area is 124 Å². The number of aliphatic hydroxyl groups excluding tert-OH is 3. The van der Waals surface area contributed by atoms with Crippen molar-refractivity contribution in [2.75, 3.05) is 13.7 Å². The average Bonchev–Trinajstić information content (AvgIpc) is 2.40. The second-order valence-electron chi connectivity index (χ2n) is 7.25. The van der Waals surface area contributed by atoms with Gasteiger partial charge in [-0.25, -0.2) is 0 Å². The molecule has 0 aromatic carbocycles. The Morgan fingerprint density at radius 2 is 1.30 bits per heavy atom. The highest BCUT2D eigenvalue weighted by Crippen LogP contribution is 2.24. The third-order valence-electron chi connectivity index (χ3n) is 4.05. The van der Waals surface area contributed by atoms with Crippen molar-refractivity contribution < 1.29 is 20.1 Å². The lowest BCUT2D eigenvalue weighted by atomic mass is 9.87. The largest absolute Gasteiger partial charge is 0.396 e. The van der Waals surface area contributed by atoms with Gasteiger partial charge >= 0.3 is 0 Å². The maximum Gasteiger partial charge on any atom is 0.0623 e. The van der Waals surface area contributed by atoms with Crippen molar-refractivity contribution >= 4 is 0 Å². The third-order valence-corrected chi connectivity index (χ3v) is 4.05. The first-order valence-electron chi connectivity index (χ1n) is 7.64. The molecule has 4 nitrogen and oxygen atoms in total. The third kappa shape index (κ3) is 9.70. The van der Waals surface area contributed by atoms with E-state index in [-0.39, 0.29) is 23.7 Å². The zero-order chi connectivity index (χ0) is 15.8. The number of ether oxygens (including phenoxy) is 1. The van der Waals surface area contributed by atoms with Crippen LogP contribution in [-0.2, 0) is 4.74 Å². The molecule has 4 heteroatoms. The molecule has 0 heterocycles. The van der Waals surface area contributed by atoms with E-state index < -0.39 is 6.10 Å². The van der Waals surface area contributed by atoms with E-state index in [1.807, 2.05) is 27.7 Å². The summed E-state index contributed by atoms with van der Waals surface area (Å²) >= 11 is 0. The van der Waals surface area contributed by atoms with Crippen LogP contribution in [0.15, 0.2) is 0 Å². The molecule has 0 fully saturated rings. The van der Waals surface area contributed by atoms with Crippen molar-refractivity contribution in [3.8, 4) is 0 Å². The van der Waals surface area contributed by atoms with Gasteiger partial charge in [-0.3, -0.25) is 0 Å². The Balaban J connectivity index is 3.81. The standard InChI is InChI=1S/C16H34O4/c1-15(2,12-17)10-8-13(18)6-7-14(19)9-11-16(3,4)20-5/h13-14,17-19H,6-12H2,1-5H3. The fraction of sp³-hybridized carbons (Fsp3) is 1.00. The van der Waals surface area contributed by atoms with Gasteiger partial charge in [-0.2, -0.15) is 0 Å². The Kier molecular flexibility index (Phi) is 8.91. The van der Waals surface area contributed by atoms with E-state index in [1.165, 1.54) is 0 Å². The first-order chi connectivity index (χ1) is 9.12. The van der Waals surface area contributed by atoms with E-state index in [4.69, 9.17) is 9.84 Å². The molecule has 0 bridgehead atoms. The van der Waals surface area contributed by atoms with E-state index in [0.717, 1.165) is 12.8 Å². The number of methoxy groups -OCH3 is 1. The van der Waals surface area contributed by atoms with Crippen molar-refractivity contribution in [2.45, 2.75) is 84.0 Å². The Bertz CT molecular complexity index is 225. The summed E-state index contributed by atoms with van der Waals surface area (Å²) in [4.78, 5) is 0. The van der Waals surface area contributed by atoms with Crippen molar-refractivity contribution in [3.05, 3.63) is 0 Å². The van der Waals surface area contributed by atoms with Gasteiger partial charge in [-0.1, -0.05) is 13.8 Å². The SMILES string of the molecule is COC(C)(C)CCC(O)CCC(O)CCC(C)(C)CO. The summed E-state index contributed by atoms with van der Waals surface area (Å²) < 4.78 is 5.32. The van der Waals surface area contributed by atoms with Gasteiger partial charge < -0.3 is 20.1 Å². The minimum atomic E-state index is -0.397. The van der Waals surface area contributed by atoms with E-state index in [1.54, 1.807) is 7.11 Å². The van der Waals surface area contributed by atoms with Crippen LogP contribution in [0.25, 0.3) is 0 Å². The van der Waals surface area contributed by atoms with Crippen molar-refractivity contribution in [2.24, 2.45) is 5.41 Å². The van der Waals surface area contributed by atoms with Crippen LogP contribution in [0.5, 0.6) is 0 Å². The molecule has 20 heavy (non-hydrogen) atoms. The van der Waals surface area contributed by atoms with Crippen LogP contribution in [-0.4, -0.2) is 46.8 Å². The van der Waals surface area contributed by atoms with Crippen LogP contribution in [0.3, 0.4) is 0 Å². The van der Waals surface area contributed by atoms with Crippen LogP contribution >= 0.6 is 0 Å². The highest BCUT2D eigenvalue weighted by molar-refractivity contribution is 4.73. The van der Waals surface area contributed by atoms with E-state index in [9.17, 15) is 10.2 Å². The molecule has 0 rings (SSSR count). The van der Waals surface area contributed by atoms with Crippen LogP contribution in [0.4, 0.5) is 0 Å². The maximum absolute atomic E-state index is 9.92. The quantitative estimate of drug-likeness (QED) is 0.547. The van der Waals surface area contributed by atoms with Crippen LogP contribution in [0.2, 0.25) is 0 Å². The lowest BCUT2D eigenvalue weighted by Crippen LogP contribution is -2.25. The van der Waals surface area contributed by atoms with Gasteiger partial charge in [-0.05, 0) is 57.8 Å². The molecule has 0 aliphatic carbocycles. The molecule has 0 saturated heterocycles. The topological polar surface area (TPSA) is 69.9 Å². The van der Waals surface area contributed by atoms with Crippen molar-refractivity contribution in [1.82, 2.24) is 0 Å². The monoisotopic (exact) mass is 290 g/mol. The minimum Gasteiger partial charge on any atom is -0.396 e. The Morgan fingerprint density at radius 3 is 1.70 bits per heavy atom. The molecule has 0 amide bonds. The van der Waals surface area contributed by atoms with E-state index in [2.05, 4.69) is 0 Å². The summed E-state index contributed by atoms with van der Waals surface area (Å²) in [6.07, 6.45) is 3.39. The maximum atomic E-state index is 9.92. The summed E-state index contributed by atoms with van der Waals surface area (Å²) in [7, 11) is 1.68. The molecular formula is C16H34O4. The molecule has 2 atom stereocenters. The van der Waals surface area contributed by atoms with Gasteiger partial charge in [0.05, 0.1) is 17.8 Å². The van der Waals surface area contributed by atoms with Crippen LogP contribution in [0, 0.1) is 5.41 Å². The minimum absolute atomic E-state index is 0.133. The molecule has 122 valence electrons. The van der Waals surface area contributed by atoms with Crippen molar-refractivity contribution in [1.29, 1.82) is 0 Å². The fourth-order valence-corrected chi connectivity index (χ4v) is 1.93. The molecule has 0 aromatic rings. The second kappa shape index (κ2) is 8.98. The summed E-state index contributed by atoms with van der Waals surface area (Å²) in [6.45, 7) is 8.12. The van der Waals surface area contributed by atoms with E-state index >= 15 is 0 Å². The molecule has 3 N–H and O–H groups in total. The van der Waals surface area contributed by atoms with Crippen molar-refractivity contribution in [3.63, 3.8) is 0 Å². The van der Waals surface area contributed by atoms with Gasteiger partial charge in [0.1, 0.15) is 0 Å². The smallest absolute Gasteiger partial charge is 0.0623 e. The lowest BCUT2D eigenvalue weighted by Gasteiger charge is -2.25. The number of hydrogen-bond acceptors (Lipinski definition) is 4. The molecule has 0 aliphatic heterocycles. The van der Waals surface area contributed by atoms with Gasteiger partial charge in [-0.15, -0.1) is 0 Å². The molecular weight excluding hydrogens is 256 g/mol. The Morgan fingerprint density at radius 1 is 0.850 bits per heavy atom. The van der Waals surface area contributed by atoms with Crippen LogP contribution in [0.1, 0.15) is 66.2 Å². The molecule has 0 aromatic heterocycles. The molecule has 0 aliphatic rings. The zero-order valence-corrected chi connectivity index (χ0v) is 13.9. The lowest BCUT2D eigenvalue weighted by molar-refractivity contribution is 0.000544. The van der Waals surface area contributed by atoms with Gasteiger partial charge in [0.15, 0.2) is 0 Å². The highest BCUT2D eigenvalue weighted by Gasteiger charge is 2.20. The Hall–Kier alpha value is -0.160. The number of rotatable bonds is 11. The molecule has 0 spiro atoms. The van der Waals surface area contributed by atoms with Gasteiger partial charge in [0.2, 0.25) is 0 Å². The summed E-state index contributed by atoms with van der Waals surface area (Å²) in [6, 6.07) is 0. The molecule has 2 unspecified atom stereocenters. The summed E-state index contributed by atoms with van der Waals surface area (Å²) in [5.41, 5.74) is -0.340. The summed E-state index contributed by atoms with van der Waals surface area (Å²) in [5, 5.41) is 29.0. The fourth-order valence-electron chi connectivity index (χ4n) is 1.93. The highest BCUT2D eigenvalue weighted by atomic mass is 16.5. The average molecular weight is 290 g/mol. The number of aliphatic hydroxyl groups is 3. The van der Waals surface area contributed by atoms with Gasteiger partial charge in [0.25, 0.3) is 0 Å². The van der Waals surface area contributed by atoms with Crippen LogP contribution < -0.4 is 0 Å². The second-order valence-corrected chi connectivity index (χ2v) is 7.25. The summed E-state index contributed by atoms with van der Waals surface area (Å²) in [5.74, 6) is 0. The predicted molar refractivity (Wildman–Crippen MR) is 81.7 cm³/mol. The first kappa shape index (κ1) is 19.8. The first-order valence-corrected chi connectivity index (χ1v) is 7.64. The number of hydrogen-bond donors (Lipinski definition) is 3.